The molecule has 1 aromatic heterocycles. The van der Waals surface area contributed by atoms with E-state index in [1.807, 2.05) is 19.1 Å². The highest BCUT2D eigenvalue weighted by Crippen LogP contribution is 2.30. The molecule has 0 bridgehead atoms. The van der Waals surface area contributed by atoms with E-state index >= 15 is 0 Å². The lowest BCUT2D eigenvalue weighted by Gasteiger charge is -2.05. The van der Waals surface area contributed by atoms with E-state index in [0.717, 1.165) is 22.2 Å². The molecule has 0 saturated heterocycles. The molecule has 0 spiro atoms. The van der Waals surface area contributed by atoms with Gasteiger partial charge in [0, 0.05) is 17.6 Å². The zero-order chi connectivity index (χ0) is 10.1. The summed E-state index contributed by atoms with van der Waals surface area (Å²) in [5, 5.41) is 8.61. The van der Waals surface area contributed by atoms with Crippen LogP contribution in [0.1, 0.15) is 5.56 Å². The van der Waals surface area contributed by atoms with Gasteiger partial charge in [-0.25, -0.2) is 0 Å². The second kappa shape index (κ2) is 3.18. The van der Waals surface area contributed by atoms with Crippen molar-refractivity contribution in [2.24, 2.45) is 0 Å². The molecule has 0 atom stereocenters. The molecule has 0 unspecified atom stereocenters. The van der Waals surface area contributed by atoms with E-state index in [2.05, 4.69) is 4.98 Å². The van der Waals surface area contributed by atoms with Crippen molar-refractivity contribution < 1.29 is 9.84 Å². The molecule has 14 heavy (non-hydrogen) atoms. The van der Waals surface area contributed by atoms with Gasteiger partial charge in [-0.3, -0.25) is 4.98 Å². The highest BCUT2D eigenvalue weighted by molar-refractivity contribution is 5.88. The molecule has 0 aliphatic heterocycles. The van der Waals surface area contributed by atoms with Crippen molar-refractivity contribution >= 4 is 10.9 Å². The highest BCUT2D eigenvalue weighted by atomic mass is 16.5. The third-order valence-electron chi connectivity index (χ3n) is 2.35. The van der Waals surface area contributed by atoms with E-state index in [1.165, 1.54) is 0 Å². The number of aryl methyl sites for hydroxylation is 1. The minimum atomic E-state index is 0.512. The number of nitrogens with zero attached hydrogens (tertiary/aromatic N) is 1. The van der Waals surface area contributed by atoms with Crippen LogP contribution in [0.4, 0.5) is 0 Å². The number of rotatable bonds is 1. The zero-order valence-corrected chi connectivity index (χ0v) is 8.16. The summed E-state index contributed by atoms with van der Waals surface area (Å²) in [7, 11) is 1.64. The Morgan fingerprint density at radius 1 is 1.29 bits per heavy atom. The number of methoxy groups -OCH3 is 1. The quantitative estimate of drug-likeness (QED) is 0.645. The molecule has 72 valence electrons. The molecule has 0 fully saturated rings. The van der Waals surface area contributed by atoms with Crippen LogP contribution < -0.4 is 4.74 Å². The molecule has 0 aliphatic carbocycles. The minimum absolute atomic E-state index is 0.512. The number of pyridine rings is 1. The fourth-order valence-electron chi connectivity index (χ4n) is 1.51. The lowest BCUT2D eigenvalue weighted by Crippen LogP contribution is -1.89. The predicted molar refractivity (Wildman–Crippen MR) is 56.1 cm³/mol. The topological polar surface area (TPSA) is 45.0 Å². The van der Waals surface area contributed by atoms with Crippen LogP contribution in [0.5, 0.6) is 11.5 Å². The molecule has 2 aromatic rings. The minimum Gasteiger partial charge on any atom is -0.593 e. The molecular weight excluding hydrogens is 178 g/mol. The van der Waals surface area contributed by atoms with E-state index in [4.69, 9.17) is 9.84 Å². The van der Waals surface area contributed by atoms with Gasteiger partial charge in [0.05, 0.1) is 18.2 Å². The molecule has 2 N–H and O–H groups in total. The lowest BCUT2D eigenvalue weighted by molar-refractivity contribution is 0.419. The predicted octanol–water partition coefficient (Wildman–Crippen LogP) is 1.99. The first-order valence-corrected chi connectivity index (χ1v) is 4.38. The molecule has 3 nitrogen and oxygen atoms in total. The summed E-state index contributed by atoms with van der Waals surface area (Å²) in [4.78, 5) is 4.25. The summed E-state index contributed by atoms with van der Waals surface area (Å²) in [6.45, 7) is 1.90. The van der Waals surface area contributed by atoms with Crippen molar-refractivity contribution in [2.45, 2.75) is 6.92 Å². The second-order valence-corrected chi connectivity index (χ2v) is 3.15. The zero-order valence-electron chi connectivity index (χ0n) is 8.16. The lowest BCUT2D eigenvalue weighted by atomic mass is 10.1. The highest BCUT2D eigenvalue weighted by Gasteiger charge is 2.09. The summed E-state index contributed by atoms with van der Waals surface area (Å²) < 4.78 is 5.22. The average molecular weight is 190 g/mol. The molecule has 2 rings (SSSR count). The summed E-state index contributed by atoms with van der Waals surface area (Å²) in [5.41, 5.74) is 1.73. The van der Waals surface area contributed by atoms with Crippen molar-refractivity contribution in [3.05, 3.63) is 30.0 Å². The van der Waals surface area contributed by atoms with Crippen LogP contribution in [0, 0.1) is 6.92 Å². The fraction of sp³-hybridized carbons (Fsp3) is 0.182. The molecule has 3 heteroatoms. The Kier molecular flexibility index (Phi) is 2.00. The third-order valence-corrected chi connectivity index (χ3v) is 2.35. The van der Waals surface area contributed by atoms with Gasteiger partial charge in [-0.15, -0.1) is 0 Å². The van der Waals surface area contributed by atoms with Crippen LogP contribution in [0.3, 0.4) is 0 Å². The van der Waals surface area contributed by atoms with Crippen LogP contribution in [-0.2, 0) is 0 Å². The van der Waals surface area contributed by atoms with Gasteiger partial charge in [0.1, 0.15) is 5.75 Å². The molecule has 0 amide bonds. The number of hydrogen-bond acceptors (Lipinski definition) is 2. The van der Waals surface area contributed by atoms with Crippen LogP contribution in [0.2, 0.25) is 0 Å². The van der Waals surface area contributed by atoms with Crippen LogP contribution in [0.25, 0.3) is 10.9 Å². The molecule has 1 heterocycles. The van der Waals surface area contributed by atoms with Crippen molar-refractivity contribution in [3.8, 4) is 11.5 Å². The number of fused-ring (bicyclic) bond motifs is 1. The second-order valence-electron chi connectivity index (χ2n) is 3.15. The number of aromatic nitrogens is 1. The van der Waals surface area contributed by atoms with Gasteiger partial charge in [-0.1, -0.05) is 0 Å². The van der Waals surface area contributed by atoms with Gasteiger partial charge in [0.15, 0.2) is 0 Å². The Morgan fingerprint density at radius 3 is 2.79 bits per heavy atom. The van der Waals surface area contributed by atoms with Gasteiger partial charge in [-0.05, 0) is 19.1 Å². The Labute approximate surface area is 82.0 Å². The smallest absolute Gasteiger partial charge is 0.258 e. The maximum Gasteiger partial charge on any atom is 0.258 e. The van der Waals surface area contributed by atoms with Gasteiger partial charge < -0.3 is 9.84 Å². The van der Waals surface area contributed by atoms with Gasteiger partial charge >= 0.3 is 0 Å². The molecule has 0 saturated carbocycles. The van der Waals surface area contributed by atoms with E-state index in [0.29, 0.717) is 5.75 Å². The summed E-state index contributed by atoms with van der Waals surface area (Å²) in [5.74, 6) is 1.32. The molecule has 1 aromatic carbocycles. The largest absolute Gasteiger partial charge is 0.593 e. The summed E-state index contributed by atoms with van der Waals surface area (Å²) in [6, 6.07) is 5.46. The van der Waals surface area contributed by atoms with Crippen molar-refractivity contribution in [2.75, 3.05) is 7.11 Å². The first-order chi connectivity index (χ1) is 6.74. The summed E-state index contributed by atoms with van der Waals surface area (Å²) >= 11 is 0. The molecule has 0 aliphatic rings. The first-order valence-electron chi connectivity index (χ1n) is 4.38. The monoisotopic (exact) mass is 190 g/mol. The maximum absolute atomic E-state index is 7.65. The van der Waals surface area contributed by atoms with Crippen LogP contribution >= 0.6 is 0 Å². The Hall–Kier alpha value is -1.77. The molecule has 0 radical (unpaired) electrons. The van der Waals surface area contributed by atoms with Crippen molar-refractivity contribution in [1.82, 2.24) is 4.98 Å². The van der Waals surface area contributed by atoms with E-state index in [9.17, 15) is 0 Å². The van der Waals surface area contributed by atoms with Crippen LogP contribution in [-0.4, -0.2) is 17.2 Å². The number of hydrogen-bond donors (Lipinski definition) is 0. The Bertz CT molecular complexity index is 480. The van der Waals surface area contributed by atoms with Crippen molar-refractivity contribution in [1.29, 1.82) is 0 Å². The van der Waals surface area contributed by atoms with Gasteiger partial charge in [0.2, 0.25) is 0 Å². The van der Waals surface area contributed by atoms with Gasteiger partial charge in [-0.2, -0.15) is 0 Å². The number of benzene rings is 1. The van der Waals surface area contributed by atoms with Crippen molar-refractivity contribution in [3.63, 3.8) is 0 Å². The maximum atomic E-state index is 7.65. The first kappa shape index (κ1) is 8.81. The van der Waals surface area contributed by atoms with E-state index in [-0.39, 0.29) is 0 Å². The summed E-state index contributed by atoms with van der Waals surface area (Å²) in [6.07, 6.45) is 1.70. The number of ether oxygens (including phenoxy) is 1. The SMILES string of the molecule is COc1ccnc2c(C)c([OH2+])ccc12. The van der Waals surface area contributed by atoms with Gasteiger partial charge in [0.25, 0.3) is 5.75 Å². The van der Waals surface area contributed by atoms with Crippen LogP contribution in [0.15, 0.2) is 24.4 Å². The van der Waals surface area contributed by atoms with E-state index in [1.54, 1.807) is 19.4 Å². The average Bonchev–Trinajstić information content (AvgIpc) is 2.23. The normalized spacial score (nSPS) is 10.4. The fourth-order valence-corrected chi connectivity index (χ4v) is 1.51. The molecular formula is C11H12NO2+. The van der Waals surface area contributed by atoms with E-state index < -0.39 is 0 Å². The standard InChI is InChI=1S/C11H11NO2/c1-7-9(13)4-3-8-10(14-2)5-6-12-11(7)8/h3-6,13H,1-2H3/p+1. The third kappa shape index (κ3) is 1.18. The Balaban J connectivity index is 2.86. The Morgan fingerprint density at radius 2 is 2.07 bits per heavy atom.